The summed E-state index contributed by atoms with van der Waals surface area (Å²) in [6, 6.07) is 15.2. The highest BCUT2D eigenvalue weighted by atomic mass is 15.2. The largest absolute Gasteiger partial charge is 0.364 e. The van der Waals surface area contributed by atoms with E-state index in [0.717, 1.165) is 69.8 Å². The van der Waals surface area contributed by atoms with Crippen LogP contribution in [0.15, 0.2) is 60.7 Å². The second-order valence-electron chi connectivity index (χ2n) is 9.32. The van der Waals surface area contributed by atoms with Gasteiger partial charge in [-0.25, -0.2) is 9.97 Å². The molecule has 3 aromatic rings. The maximum Gasteiger partial charge on any atom is 0.0751 e. The van der Waals surface area contributed by atoms with Crippen LogP contribution in [-0.4, -0.2) is 37.4 Å². The van der Waals surface area contributed by atoms with Gasteiger partial charge in [-0.15, -0.1) is 0 Å². The third-order valence-corrected chi connectivity index (χ3v) is 6.72. The molecule has 0 fully saturated rings. The number of hydrogen-bond donors (Lipinski definition) is 2. The first-order valence-electron chi connectivity index (χ1n) is 12.4. The summed E-state index contributed by atoms with van der Waals surface area (Å²) in [5.41, 5.74) is 10.2. The van der Waals surface area contributed by atoms with E-state index in [2.05, 4.69) is 95.5 Å². The molecule has 0 aliphatic carbocycles. The first kappa shape index (κ1) is 21.4. The van der Waals surface area contributed by atoms with Gasteiger partial charge in [0, 0.05) is 40.4 Å². The Hall–Kier alpha value is -4.12. The van der Waals surface area contributed by atoms with Gasteiger partial charge in [0.05, 0.1) is 28.3 Å². The lowest BCUT2D eigenvalue weighted by atomic mass is 10.0. The van der Waals surface area contributed by atoms with E-state index in [1.54, 1.807) is 0 Å². The number of allylic oxidation sites excluding steroid dienone is 2. The second kappa shape index (κ2) is 8.91. The van der Waals surface area contributed by atoms with Crippen LogP contribution in [0.25, 0.3) is 52.1 Å². The van der Waals surface area contributed by atoms with Gasteiger partial charge >= 0.3 is 0 Å². The van der Waals surface area contributed by atoms with Crippen molar-refractivity contribution in [2.24, 2.45) is 0 Å². The van der Waals surface area contributed by atoms with Crippen LogP contribution in [0.2, 0.25) is 0 Å². The Bertz CT molecular complexity index is 1560. The molecule has 6 heterocycles. The Morgan fingerprint density at radius 3 is 2.43 bits per heavy atom. The van der Waals surface area contributed by atoms with Crippen molar-refractivity contribution in [3.63, 3.8) is 0 Å². The molecular formula is C30H29N5. The smallest absolute Gasteiger partial charge is 0.0751 e. The third-order valence-electron chi connectivity index (χ3n) is 6.72. The van der Waals surface area contributed by atoms with Crippen molar-refractivity contribution in [3.05, 3.63) is 89.0 Å². The van der Waals surface area contributed by atoms with E-state index in [-0.39, 0.29) is 0 Å². The highest BCUT2D eigenvalue weighted by molar-refractivity contribution is 5.88. The average molecular weight is 460 g/mol. The van der Waals surface area contributed by atoms with Crippen LogP contribution in [-0.2, 0) is 0 Å². The molecule has 0 saturated heterocycles. The first-order chi connectivity index (χ1) is 17.2. The molecule has 0 saturated carbocycles. The molecule has 3 aliphatic rings. The molecule has 2 N–H and O–H groups in total. The number of hydrogen-bond acceptors (Lipinski definition) is 3. The summed E-state index contributed by atoms with van der Waals surface area (Å²) in [5, 5.41) is 0. The third kappa shape index (κ3) is 4.26. The van der Waals surface area contributed by atoms with Crippen LogP contribution in [0, 0.1) is 0 Å². The van der Waals surface area contributed by atoms with Crippen LogP contribution in [0.4, 0.5) is 0 Å². The van der Waals surface area contributed by atoms with Crippen LogP contribution >= 0.6 is 0 Å². The summed E-state index contributed by atoms with van der Waals surface area (Å²) in [7, 11) is 0. The fourth-order valence-electron chi connectivity index (χ4n) is 5.02. The molecular weight excluding hydrogens is 430 g/mol. The van der Waals surface area contributed by atoms with E-state index in [1.807, 2.05) is 18.2 Å². The minimum absolute atomic E-state index is 0.437. The number of rotatable bonds is 4. The number of nitrogens with one attached hydrogen (secondary N) is 2. The van der Waals surface area contributed by atoms with E-state index in [1.165, 1.54) is 5.70 Å². The van der Waals surface area contributed by atoms with Gasteiger partial charge in [0.15, 0.2) is 0 Å². The molecule has 3 aromatic heterocycles. The van der Waals surface area contributed by atoms with Crippen LogP contribution in [0.3, 0.4) is 0 Å². The van der Waals surface area contributed by atoms with E-state index in [4.69, 9.17) is 9.97 Å². The predicted octanol–water partition coefficient (Wildman–Crippen LogP) is 7.06. The van der Waals surface area contributed by atoms with Crippen molar-refractivity contribution in [2.45, 2.75) is 32.7 Å². The number of nitrogens with zero attached hydrogens (tertiary/aromatic N) is 3. The topological polar surface area (TPSA) is 60.6 Å². The SMILES string of the molecule is CCCC(C)N1CC=CC=C1c1c2nc(cc3nc(cc4ccc(cc5ccc1[nH]5)[nH]4)C=C3)C=C2. The number of aromatic amines is 2. The van der Waals surface area contributed by atoms with Gasteiger partial charge in [-0.3, -0.25) is 0 Å². The number of H-pyrrole nitrogens is 2. The van der Waals surface area contributed by atoms with Crippen LogP contribution in [0.5, 0.6) is 0 Å². The van der Waals surface area contributed by atoms with E-state index in [9.17, 15) is 0 Å². The Morgan fingerprint density at radius 1 is 0.857 bits per heavy atom. The van der Waals surface area contributed by atoms with E-state index in [0.29, 0.717) is 6.04 Å². The fraction of sp³-hybridized carbons (Fsp3) is 0.200. The molecule has 35 heavy (non-hydrogen) atoms. The lowest BCUT2D eigenvalue weighted by molar-refractivity contribution is 0.319. The molecule has 0 amide bonds. The minimum Gasteiger partial charge on any atom is -0.364 e. The maximum atomic E-state index is 5.04. The van der Waals surface area contributed by atoms with Crippen molar-refractivity contribution in [3.8, 4) is 0 Å². The standard InChI is InChI=1S/C30H29N5/c1-3-6-20(2)35-16-5-4-7-29(35)30-27-14-12-25(33-27)18-23-10-8-21(31-23)17-22-9-11-24(32-22)19-26-13-15-28(30)34-26/h4-5,7-15,17-20,31,33H,3,6,16H2,1-2H3. The Kier molecular flexibility index (Phi) is 5.45. The molecule has 0 spiro atoms. The zero-order chi connectivity index (χ0) is 23.8. The summed E-state index contributed by atoms with van der Waals surface area (Å²) >= 11 is 0. The summed E-state index contributed by atoms with van der Waals surface area (Å²) < 4.78 is 0. The summed E-state index contributed by atoms with van der Waals surface area (Å²) in [6.07, 6.45) is 17.2. The molecule has 174 valence electrons. The molecule has 0 radical (unpaired) electrons. The number of fused-ring (bicyclic) bond motifs is 8. The molecule has 8 bridgehead atoms. The van der Waals surface area contributed by atoms with Crippen molar-refractivity contribution in [1.82, 2.24) is 24.8 Å². The van der Waals surface area contributed by atoms with Gasteiger partial charge in [0.25, 0.3) is 0 Å². The Balaban J connectivity index is 1.64. The molecule has 3 aliphatic heterocycles. The van der Waals surface area contributed by atoms with Gasteiger partial charge < -0.3 is 14.9 Å². The monoisotopic (exact) mass is 459 g/mol. The van der Waals surface area contributed by atoms with E-state index >= 15 is 0 Å². The quantitative estimate of drug-likeness (QED) is 0.302. The molecule has 6 rings (SSSR count). The van der Waals surface area contributed by atoms with Crippen LogP contribution in [0.1, 0.15) is 55.0 Å². The highest BCUT2D eigenvalue weighted by Crippen LogP contribution is 2.32. The van der Waals surface area contributed by atoms with Gasteiger partial charge in [-0.1, -0.05) is 25.5 Å². The van der Waals surface area contributed by atoms with Crippen LogP contribution < -0.4 is 0 Å². The summed E-state index contributed by atoms with van der Waals surface area (Å²) in [6.45, 7) is 5.47. The second-order valence-corrected chi connectivity index (χ2v) is 9.32. The van der Waals surface area contributed by atoms with Gasteiger partial charge in [0.2, 0.25) is 0 Å². The van der Waals surface area contributed by atoms with Gasteiger partial charge in [0.1, 0.15) is 0 Å². The first-order valence-corrected chi connectivity index (χ1v) is 12.4. The summed E-state index contributed by atoms with van der Waals surface area (Å²) in [4.78, 5) is 19.4. The van der Waals surface area contributed by atoms with Gasteiger partial charge in [-0.2, -0.15) is 0 Å². The Labute approximate surface area is 205 Å². The maximum absolute atomic E-state index is 5.04. The lowest BCUT2D eigenvalue weighted by Crippen LogP contribution is -2.33. The predicted molar refractivity (Wildman–Crippen MR) is 147 cm³/mol. The van der Waals surface area contributed by atoms with Crippen molar-refractivity contribution >= 4 is 52.1 Å². The fourth-order valence-corrected chi connectivity index (χ4v) is 5.02. The summed E-state index contributed by atoms with van der Waals surface area (Å²) in [5.74, 6) is 0. The molecule has 1 atom stereocenters. The Morgan fingerprint density at radius 2 is 1.57 bits per heavy atom. The average Bonchev–Trinajstić information content (AvgIpc) is 3.66. The van der Waals surface area contributed by atoms with Crippen molar-refractivity contribution in [1.29, 1.82) is 0 Å². The minimum atomic E-state index is 0.437. The van der Waals surface area contributed by atoms with Crippen molar-refractivity contribution in [2.75, 3.05) is 6.54 Å². The lowest BCUT2D eigenvalue weighted by Gasteiger charge is -2.34. The zero-order valence-electron chi connectivity index (χ0n) is 20.1. The molecule has 1 unspecified atom stereocenters. The molecule has 5 nitrogen and oxygen atoms in total. The van der Waals surface area contributed by atoms with E-state index < -0.39 is 0 Å². The van der Waals surface area contributed by atoms with Crippen molar-refractivity contribution < 1.29 is 0 Å². The molecule has 5 heteroatoms. The normalized spacial score (nSPS) is 15.5. The van der Waals surface area contributed by atoms with Gasteiger partial charge in [-0.05, 0) is 86.2 Å². The zero-order valence-corrected chi connectivity index (χ0v) is 20.1. The molecule has 0 aromatic carbocycles. The highest BCUT2D eigenvalue weighted by Gasteiger charge is 2.22. The number of aromatic nitrogens is 4.